The van der Waals surface area contributed by atoms with E-state index >= 15 is 0 Å². The summed E-state index contributed by atoms with van der Waals surface area (Å²) in [6, 6.07) is 0. The Hall–Kier alpha value is -0.320. The molecule has 0 atom stereocenters. The maximum absolute atomic E-state index is 9.09. The topological polar surface area (TPSA) is 45.1 Å². The molecule has 5 heteroatoms. The van der Waals surface area contributed by atoms with Gasteiger partial charge in [-0.1, -0.05) is 22.9 Å². The number of nitrogens with zero attached hydrogens (tertiary/aromatic N) is 1. The molecule has 0 bridgehead atoms. The Balaban J connectivity index is 1.63. The van der Waals surface area contributed by atoms with E-state index in [2.05, 4.69) is 10.3 Å². The number of thiazole rings is 1. The number of halogens is 1. The van der Waals surface area contributed by atoms with Gasteiger partial charge in [-0.05, 0) is 25.2 Å². The molecule has 0 aliphatic heterocycles. The van der Waals surface area contributed by atoms with Gasteiger partial charge in [-0.25, -0.2) is 4.98 Å². The molecule has 1 aromatic heterocycles. The molecule has 0 saturated heterocycles. The van der Waals surface area contributed by atoms with Crippen LogP contribution in [0, 0.1) is 5.92 Å². The first kappa shape index (κ1) is 10.2. The zero-order chi connectivity index (χ0) is 9.97. The van der Waals surface area contributed by atoms with Gasteiger partial charge in [0.25, 0.3) is 0 Å². The number of rotatable bonds is 4. The standard InChI is InChI=1S/C9H13ClN2OS/c10-8-5-12-9(14-8)11-2-1-6-3-7(13)4-6/h5-7,13H,1-4H2,(H,11,12). The SMILES string of the molecule is OC1CC(CCNc2ncc(Cl)s2)C1. The summed E-state index contributed by atoms with van der Waals surface area (Å²) < 4.78 is 0.714. The lowest BCUT2D eigenvalue weighted by molar-refractivity contribution is 0.0408. The molecular formula is C9H13ClN2OS. The normalized spacial score (nSPS) is 25.9. The van der Waals surface area contributed by atoms with Crippen LogP contribution < -0.4 is 5.32 Å². The van der Waals surface area contributed by atoms with Crippen LogP contribution in [0.5, 0.6) is 0 Å². The van der Waals surface area contributed by atoms with Crippen molar-refractivity contribution < 1.29 is 5.11 Å². The third kappa shape index (κ3) is 2.59. The van der Waals surface area contributed by atoms with Crippen LogP contribution in [0.15, 0.2) is 6.20 Å². The van der Waals surface area contributed by atoms with Gasteiger partial charge in [0.2, 0.25) is 0 Å². The minimum absolute atomic E-state index is 0.0469. The Morgan fingerprint density at radius 2 is 2.43 bits per heavy atom. The van der Waals surface area contributed by atoms with Crippen LogP contribution >= 0.6 is 22.9 Å². The number of anilines is 1. The van der Waals surface area contributed by atoms with Crippen molar-refractivity contribution in [2.45, 2.75) is 25.4 Å². The van der Waals surface area contributed by atoms with Crippen LogP contribution in [0.2, 0.25) is 4.34 Å². The zero-order valence-corrected chi connectivity index (χ0v) is 9.31. The van der Waals surface area contributed by atoms with Gasteiger partial charge in [0, 0.05) is 6.54 Å². The lowest BCUT2D eigenvalue weighted by atomic mass is 9.80. The third-order valence-electron chi connectivity index (χ3n) is 2.52. The minimum atomic E-state index is -0.0469. The zero-order valence-electron chi connectivity index (χ0n) is 7.74. The summed E-state index contributed by atoms with van der Waals surface area (Å²) in [6.45, 7) is 0.918. The molecule has 2 N–H and O–H groups in total. The van der Waals surface area contributed by atoms with Crippen LogP contribution in [0.25, 0.3) is 0 Å². The maximum Gasteiger partial charge on any atom is 0.184 e. The van der Waals surface area contributed by atoms with Gasteiger partial charge in [-0.15, -0.1) is 0 Å². The quantitative estimate of drug-likeness (QED) is 0.838. The number of aromatic nitrogens is 1. The van der Waals surface area contributed by atoms with Gasteiger partial charge in [0.15, 0.2) is 5.13 Å². The Morgan fingerprint density at radius 3 is 3.00 bits per heavy atom. The molecular weight excluding hydrogens is 220 g/mol. The Labute approximate surface area is 92.1 Å². The minimum Gasteiger partial charge on any atom is -0.393 e. The first-order chi connectivity index (χ1) is 6.74. The van der Waals surface area contributed by atoms with Crippen molar-refractivity contribution in [2.24, 2.45) is 5.92 Å². The van der Waals surface area contributed by atoms with E-state index in [0.717, 1.165) is 30.9 Å². The first-order valence-electron chi connectivity index (χ1n) is 4.77. The van der Waals surface area contributed by atoms with E-state index in [9.17, 15) is 0 Å². The predicted molar refractivity (Wildman–Crippen MR) is 59.0 cm³/mol. The molecule has 0 spiro atoms. The highest BCUT2D eigenvalue weighted by molar-refractivity contribution is 7.19. The third-order valence-corrected chi connectivity index (χ3v) is 3.59. The van der Waals surface area contributed by atoms with E-state index in [1.165, 1.54) is 11.3 Å². The molecule has 78 valence electrons. The number of aliphatic hydroxyl groups excluding tert-OH is 1. The molecule has 0 aromatic carbocycles. The first-order valence-corrected chi connectivity index (χ1v) is 5.97. The summed E-state index contributed by atoms with van der Waals surface area (Å²) in [5.41, 5.74) is 0. The summed E-state index contributed by atoms with van der Waals surface area (Å²) in [6.07, 6.45) is 4.63. The van der Waals surface area contributed by atoms with E-state index in [1.54, 1.807) is 6.20 Å². The molecule has 0 unspecified atom stereocenters. The molecule has 0 radical (unpaired) electrons. The Bertz CT molecular complexity index is 299. The highest BCUT2D eigenvalue weighted by Crippen LogP contribution is 2.30. The Morgan fingerprint density at radius 1 is 1.64 bits per heavy atom. The number of hydrogen-bond acceptors (Lipinski definition) is 4. The van der Waals surface area contributed by atoms with Gasteiger partial charge in [0.05, 0.1) is 12.3 Å². The largest absolute Gasteiger partial charge is 0.393 e. The second-order valence-electron chi connectivity index (χ2n) is 3.68. The van der Waals surface area contributed by atoms with Crippen molar-refractivity contribution in [2.75, 3.05) is 11.9 Å². The highest BCUT2D eigenvalue weighted by Gasteiger charge is 2.26. The number of hydrogen-bond donors (Lipinski definition) is 2. The Kier molecular flexibility index (Phi) is 3.26. The molecule has 1 heterocycles. The molecule has 14 heavy (non-hydrogen) atoms. The average molecular weight is 233 g/mol. The molecule has 1 aliphatic rings. The van der Waals surface area contributed by atoms with Crippen molar-refractivity contribution in [1.29, 1.82) is 0 Å². The van der Waals surface area contributed by atoms with Gasteiger partial charge in [-0.3, -0.25) is 0 Å². The summed E-state index contributed by atoms with van der Waals surface area (Å²) in [5.74, 6) is 0.688. The molecule has 0 amide bonds. The van der Waals surface area contributed by atoms with Crippen LogP contribution in [0.4, 0.5) is 5.13 Å². The van der Waals surface area contributed by atoms with Crippen LogP contribution in [0.1, 0.15) is 19.3 Å². The maximum atomic E-state index is 9.09. The van der Waals surface area contributed by atoms with E-state index in [1.807, 2.05) is 0 Å². The smallest absolute Gasteiger partial charge is 0.184 e. The van der Waals surface area contributed by atoms with E-state index in [4.69, 9.17) is 16.7 Å². The van der Waals surface area contributed by atoms with Gasteiger partial charge in [0.1, 0.15) is 4.34 Å². The van der Waals surface area contributed by atoms with Crippen molar-refractivity contribution in [1.82, 2.24) is 4.98 Å². The van der Waals surface area contributed by atoms with Crippen LogP contribution in [-0.2, 0) is 0 Å². The van der Waals surface area contributed by atoms with Crippen molar-refractivity contribution in [3.63, 3.8) is 0 Å². The molecule has 1 saturated carbocycles. The van der Waals surface area contributed by atoms with E-state index < -0.39 is 0 Å². The lowest BCUT2D eigenvalue weighted by Crippen LogP contribution is -2.29. The predicted octanol–water partition coefficient (Wildman–Crippen LogP) is 2.37. The lowest BCUT2D eigenvalue weighted by Gasteiger charge is -2.31. The summed E-state index contributed by atoms with van der Waals surface area (Å²) >= 11 is 7.20. The second kappa shape index (κ2) is 4.47. The fraction of sp³-hybridized carbons (Fsp3) is 0.667. The summed E-state index contributed by atoms with van der Waals surface area (Å²) in [4.78, 5) is 4.10. The monoisotopic (exact) mass is 232 g/mol. The van der Waals surface area contributed by atoms with Crippen molar-refractivity contribution in [3.8, 4) is 0 Å². The molecule has 1 aromatic rings. The summed E-state index contributed by atoms with van der Waals surface area (Å²) in [5, 5.41) is 13.2. The summed E-state index contributed by atoms with van der Waals surface area (Å²) in [7, 11) is 0. The second-order valence-corrected chi connectivity index (χ2v) is 5.34. The molecule has 1 aliphatic carbocycles. The van der Waals surface area contributed by atoms with Gasteiger partial charge < -0.3 is 10.4 Å². The molecule has 2 rings (SSSR count). The number of aliphatic hydroxyl groups is 1. The van der Waals surface area contributed by atoms with Crippen LogP contribution in [-0.4, -0.2) is 22.7 Å². The van der Waals surface area contributed by atoms with Gasteiger partial charge in [-0.2, -0.15) is 0 Å². The fourth-order valence-electron chi connectivity index (χ4n) is 1.66. The number of nitrogens with one attached hydrogen (secondary N) is 1. The highest BCUT2D eigenvalue weighted by atomic mass is 35.5. The van der Waals surface area contributed by atoms with Crippen molar-refractivity contribution in [3.05, 3.63) is 10.5 Å². The molecule has 1 fully saturated rings. The average Bonchev–Trinajstić information content (AvgIpc) is 2.48. The van der Waals surface area contributed by atoms with Crippen LogP contribution in [0.3, 0.4) is 0 Å². The van der Waals surface area contributed by atoms with E-state index in [0.29, 0.717) is 10.3 Å². The molecule has 3 nitrogen and oxygen atoms in total. The fourth-order valence-corrected chi connectivity index (χ4v) is 2.49. The van der Waals surface area contributed by atoms with Crippen molar-refractivity contribution >= 4 is 28.1 Å². The van der Waals surface area contributed by atoms with E-state index in [-0.39, 0.29) is 6.10 Å². The van der Waals surface area contributed by atoms with Gasteiger partial charge >= 0.3 is 0 Å².